The monoisotopic (exact) mass is 513 g/mol. The van der Waals surface area contributed by atoms with Crippen LogP contribution < -0.4 is 14.9 Å². The van der Waals surface area contributed by atoms with Crippen molar-refractivity contribution >= 4 is 56.7 Å². The first-order valence-corrected chi connectivity index (χ1v) is 11.7. The molecule has 0 spiro atoms. The maximum absolute atomic E-state index is 13.1. The quantitative estimate of drug-likeness (QED) is 0.359. The van der Waals surface area contributed by atoms with Gasteiger partial charge in [0.1, 0.15) is 10.7 Å². The maximum atomic E-state index is 13.1. The summed E-state index contributed by atoms with van der Waals surface area (Å²) in [4.78, 5) is 46.2. The predicted molar refractivity (Wildman–Crippen MR) is 126 cm³/mol. The number of carbonyl (C=O) groups is 3. The van der Waals surface area contributed by atoms with Gasteiger partial charge in [-0.1, -0.05) is 23.7 Å². The first kappa shape index (κ1) is 23.9. The van der Waals surface area contributed by atoms with Crippen LogP contribution in [0.2, 0.25) is 0 Å². The number of nitrogens with one attached hydrogen (secondary N) is 2. The molecule has 0 fully saturated rings. The molecule has 0 saturated heterocycles. The predicted octanol–water partition coefficient (Wildman–Crippen LogP) is 2.50. The van der Waals surface area contributed by atoms with Gasteiger partial charge in [-0.2, -0.15) is 0 Å². The molecule has 0 saturated carbocycles. The van der Waals surface area contributed by atoms with Crippen molar-refractivity contribution in [1.82, 2.24) is 9.97 Å². The number of ether oxygens (including phenoxy) is 1. The largest absolute Gasteiger partial charge is 0.465 e. The van der Waals surface area contributed by atoms with Crippen LogP contribution in [-0.4, -0.2) is 43.3 Å². The van der Waals surface area contributed by atoms with E-state index >= 15 is 0 Å². The number of benzene rings is 2. The summed E-state index contributed by atoms with van der Waals surface area (Å²) < 4.78 is 32.0. The number of methoxy groups -OCH3 is 1. The van der Waals surface area contributed by atoms with E-state index in [1.165, 1.54) is 55.9 Å². The molecule has 4 rings (SSSR count). The fourth-order valence-corrected chi connectivity index (χ4v) is 4.34. The number of carbonyl (C=O) groups excluding carboxylic acids is 3. The summed E-state index contributed by atoms with van der Waals surface area (Å²) in [6, 6.07) is 12.8. The SMILES string of the molecule is COC(=O)c1ccccc1N1C(=O)C(Cl)=C(Nc2ccc(S(=O)(=O)Nc3ncccn3)cc2)C1=O. The molecule has 11 nitrogen and oxygen atoms in total. The molecule has 0 unspecified atom stereocenters. The van der Waals surface area contributed by atoms with Crippen LogP contribution in [0.1, 0.15) is 10.4 Å². The second-order valence-corrected chi connectivity index (χ2v) is 9.03. The normalized spacial score (nSPS) is 13.7. The van der Waals surface area contributed by atoms with E-state index < -0.39 is 32.8 Å². The van der Waals surface area contributed by atoms with Crippen molar-refractivity contribution in [2.45, 2.75) is 4.90 Å². The maximum Gasteiger partial charge on any atom is 0.339 e. The van der Waals surface area contributed by atoms with Crippen molar-refractivity contribution in [2.24, 2.45) is 0 Å². The standard InChI is InChI=1S/C22H16ClN5O6S/c1-34-21(31)15-5-2-3-6-16(15)28-19(29)17(23)18(20(28)30)26-13-7-9-14(10-8-13)35(32,33)27-22-24-11-4-12-25-22/h2-12,26H,1H3,(H,24,25,27). The molecule has 2 amide bonds. The Hall–Kier alpha value is -4.29. The third kappa shape index (κ3) is 4.69. The van der Waals surface area contributed by atoms with Gasteiger partial charge in [0.2, 0.25) is 5.95 Å². The minimum Gasteiger partial charge on any atom is -0.465 e. The lowest BCUT2D eigenvalue weighted by molar-refractivity contribution is -0.120. The van der Waals surface area contributed by atoms with E-state index in [2.05, 4.69) is 20.0 Å². The van der Waals surface area contributed by atoms with Crippen molar-refractivity contribution in [3.05, 3.63) is 83.3 Å². The lowest BCUT2D eigenvalue weighted by Gasteiger charge is -2.18. The number of para-hydroxylation sites is 1. The Bertz CT molecular complexity index is 1460. The second kappa shape index (κ2) is 9.52. The Labute approximate surface area is 204 Å². The van der Waals surface area contributed by atoms with E-state index in [1.54, 1.807) is 18.2 Å². The number of nitrogens with zero attached hydrogens (tertiary/aromatic N) is 3. The molecular formula is C22H16ClN5O6S. The summed E-state index contributed by atoms with van der Waals surface area (Å²) in [6.07, 6.45) is 2.78. The first-order chi connectivity index (χ1) is 16.7. The molecule has 0 bridgehead atoms. The van der Waals surface area contributed by atoms with E-state index in [1.807, 2.05) is 0 Å². The summed E-state index contributed by atoms with van der Waals surface area (Å²) in [5.41, 5.74) is 0.0758. The van der Waals surface area contributed by atoms with Gasteiger partial charge in [0.05, 0.1) is 23.3 Å². The summed E-state index contributed by atoms with van der Waals surface area (Å²) >= 11 is 6.15. The molecule has 1 aliphatic heterocycles. The van der Waals surface area contributed by atoms with Gasteiger partial charge in [-0.15, -0.1) is 0 Å². The van der Waals surface area contributed by atoms with Gasteiger partial charge in [-0.05, 0) is 42.5 Å². The third-order valence-electron chi connectivity index (χ3n) is 4.80. The van der Waals surface area contributed by atoms with Gasteiger partial charge >= 0.3 is 5.97 Å². The van der Waals surface area contributed by atoms with E-state index in [0.29, 0.717) is 0 Å². The van der Waals surface area contributed by atoms with Crippen LogP contribution in [0.3, 0.4) is 0 Å². The number of aromatic nitrogens is 2. The molecule has 1 aliphatic rings. The molecule has 1 aromatic heterocycles. The van der Waals surface area contributed by atoms with Gasteiger partial charge in [0.15, 0.2) is 0 Å². The lowest BCUT2D eigenvalue weighted by atomic mass is 10.1. The van der Waals surface area contributed by atoms with Gasteiger partial charge in [-0.25, -0.2) is 32.8 Å². The smallest absolute Gasteiger partial charge is 0.339 e. The van der Waals surface area contributed by atoms with Gasteiger partial charge in [0.25, 0.3) is 21.8 Å². The van der Waals surface area contributed by atoms with Crippen LogP contribution >= 0.6 is 11.6 Å². The van der Waals surface area contributed by atoms with E-state index in [9.17, 15) is 22.8 Å². The van der Waals surface area contributed by atoms with Gasteiger partial charge in [0, 0.05) is 18.1 Å². The van der Waals surface area contributed by atoms with Gasteiger partial charge in [-0.3, -0.25) is 9.59 Å². The fourth-order valence-electron chi connectivity index (χ4n) is 3.17. The van der Waals surface area contributed by atoms with Crippen LogP contribution in [0.4, 0.5) is 17.3 Å². The van der Waals surface area contributed by atoms with Crippen molar-refractivity contribution in [1.29, 1.82) is 0 Å². The number of imide groups is 1. The number of rotatable bonds is 7. The molecule has 0 radical (unpaired) electrons. The minimum absolute atomic E-state index is 0.00636. The molecule has 35 heavy (non-hydrogen) atoms. The molecule has 0 aliphatic carbocycles. The molecule has 2 aromatic carbocycles. The number of halogens is 1. The fraction of sp³-hybridized carbons (Fsp3) is 0.0455. The minimum atomic E-state index is -3.96. The molecule has 2 heterocycles. The Morgan fingerprint density at radius 1 is 0.971 bits per heavy atom. The van der Waals surface area contributed by atoms with Crippen molar-refractivity contribution in [3.63, 3.8) is 0 Å². The van der Waals surface area contributed by atoms with Crippen molar-refractivity contribution < 1.29 is 27.5 Å². The van der Waals surface area contributed by atoms with Crippen LogP contribution in [0.15, 0.2) is 82.6 Å². The van der Waals surface area contributed by atoms with Crippen molar-refractivity contribution in [2.75, 3.05) is 22.0 Å². The van der Waals surface area contributed by atoms with Crippen LogP contribution in [0.5, 0.6) is 0 Å². The molecular weight excluding hydrogens is 498 g/mol. The van der Waals surface area contributed by atoms with E-state index in [0.717, 1.165) is 4.90 Å². The lowest BCUT2D eigenvalue weighted by Crippen LogP contribution is -2.33. The summed E-state index contributed by atoms with van der Waals surface area (Å²) in [5.74, 6) is -2.45. The molecule has 178 valence electrons. The van der Waals surface area contributed by atoms with Crippen LogP contribution in [-0.2, 0) is 24.3 Å². The van der Waals surface area contributed by atoms with Gasteiger partial charge < -0.3 is 10.1 Å². The highest BCUT2D eigenvalue weighted by molar-refractivity contribution is 7.92. The average Bonchev–Trinajstić information content (AvgIpc) is 3.07. The molecule has 13 heteroatoms. The number of anilines is 3. The average molecular weight is 514 g/mol. The number of amides is 2. The Balaban J connectivity index is 1.56. The third-order valence-corrected chi connectivity index (χ3v) is 6.50. The zero-order valence-corrected chi connectivity index (χ0v) is 19.5. The highest BCUT2D eigenvalue weighted by Gasteiger charge is 2.40. The number of hydrogen-bond acceptors (Lipinski definition) is 9. The second-order valence-electron chi connectivity index (χ2n) is 6.97. The first-order valence-electron chi connectivity index (χ1n) is 9.86. The molecule has 3 aromatic rings. The van der Waals surface area contributed by atoms with E-state index in [4.69, 9.17) is 16.3 Å². The number of hydrogen-bond donors (Lipinski definition) is 2. The van der Waals surface area contributed by atoms with Crippen molar-refractivity contribution in [3.8, 4) is 0 Å². The van der Waals surface area contributed by atoms with E-state index in [-0.39, 0.29) is 33.5 Å². The Morgan fingerprint density at radius 2 is 1.63 bits per heavy atom. The topological polar surface area (TPSA) is 148 Å². The number of esters is 1. The summed E-state index contributed by atoms with van der Waals surface area (Å²) in [6.45, 7) is 0. The summed E-state index contributed by atoms with van der Waals surface area (Å²) in [5, 5.41) is 2.35. The zero-order valence-electron chi connectivity index (χ0n) is 17.9. The molecule has 2 N–H and O–H groups in total. The molecule has 0 atom stereocenters. The van der Waals surface area contributed by atoms with Crippen LogP contribution in [0.25, 0.3) is 0 Å². The zero-order chi connectivity index (χ0) is 25.2. The number of sulfonamides is 1. The highest BCUT2D eigenvalue weighted by atomic mass is 35.5. The summed E-state index contributed by atoms with van der Waals surface area (Å²) in [7, 11) is -2.78. The van der Waals surface area contributed by atoms with Crippen LogP contribution in [0, 0.1) is 0 Å². The Kier molecular flexibility index (Phi) is 6.49. The Morgan fingerprint density at radius 3 is 2.29 bits per heavy atom. The highest BCUT2D eigenvalue weighted by Crippen LogP contribution is 2.32.